The summed E-state index contributed by atoms with van der Waals surface area (Å²) in [7, 11) is 0. The lowest BCUT2D eigenvalue weighted by atomic mass is 10.3. The Labute approximate surface area is 124 Å². The van der Waals surface area contributed by atoms with Crippen molar-refractivity contribution in [1.82, 2.24) is 4.98 Å². The molecular weight excluding hydrogens is 270 g/mol. The standard InChI is InChI=1S/C15H21N3O3/c1-2-6-17(7-5-15(19)20)13-3-4-14(16-12-13)18-8-10-21-11-9-18/h2-4,12H,1,5-11H2,(H,19,20). The van der Waals surface area contributed by atoms with Crippen LogP contribution in [-0.4, -0.2) is 55.5 Å². The van der Waals surface area contributed by atoms with Crippen LogP contribution in [0.5, 0.6) is 0 Å². The van der Waals surface area contributed by atoms with Gasteiger partial charge in [0, 0.05) is 26.2 Å². The first-order valence-electron chi connectivity index (χ1n) is 7.07. The summed E-state index contributed by atoms with van der Waals surface area (Å²) in [5, 5.41) is 8.81. The highest BCUT2D eigenvalue weighted by Crippen LogP contribution is 2.18. The van der Waals surface area contributed by atoms with E-state index in [1.807, 2.05) is 17.0 Å². The monoisotopic (exact) mass is 291 g/mol. The molecule has 2 heterocycles. The van der Waals surface area contributed by atoms with E-state index < -0.39 is 5.97 Å². The van der Waals surface area contributed by atoms with Gasteiger partial charge in [-0.05, 0) is 12.1 Å². The van der Waals surface area contributed by atoms with Gasteiger partial charge >= 0.3 is 5.97 Å². The Hall–Kier alpha value is -2.08. The summed E-state index contributed by atoms with van der Waals surface area (Å²) in [5.41, 5.74) is 0.910. The average Bonchev–Trinajstić information content (AvgIpc) is 2.52. The molecule has 1 aromatic heterocycles. The zero-order valence-electron chi connectivity index (χ0n) is 12.1. The Balaban J connectivity index is 2.03. The first-order valence-corrected chi connectivity index (χ1v) is 7.07. The van der Waals surface area contributed by atoms with Gasteiger partial charge in [0.1, 0.15) is 5.82 Å². The van der Waals surface area contributed by atoms with E-state index in [4.69, 9.17) is 9.84 Å². The minimum atomic E-state index is -0.804. The van der Waals surface area contributed by atoms with Crippen LogP contribution in [0.1, 0.15) is 6.42 Å². The molecule has 2 rings (SSSR count). The van der Waals surface area contributed by atoms with E-state index in [0.29, 0.717) is 13.1 Å². The molecule has 0 aliphatic carbocycles. The minimum absolute atomic E-state index is 0.0963. The van der Waals surface area contributed by atoms with Crippen LogP contribution in [0.4, 0.5) is 11.5 Å². The van der Waals surface area contributed by atoms with Crippen LogP contribution in [0.2, 0.25) is 0 Å². The van der Waals surface area contributed by atoms with Crippen LogP contribution >= 0.6 is 0 Å². The number of hydrogen-bond acceptors (Lipinski definition) is 5. The predicted molar refractivity (Wildman–Crippen MR) is 81.9 cm³/mol. The number of carboxylic acids is 1. The highest BCUT2D eigenvalue weighted by Gasteiger charge is 2.13. The Kier molecular flexibility index (Phi) is 5.57. The van der Waals surface area contributed by atoms with Crippen molar-refractivity contribution in [2.24, 2.45) is 0 Å². The van der Waals surface area contributed by atoms with E-state index in [1.165, 1.54) is 0 Å². The fourth-order valence-corrected chi connectivity index (χ4v) is 2.26. The third kappa shape index (κ3) is 4.46. The van der Waals surface area contributed by atoms with E-state index in [9.17, 15) is 4.79 Å². The topological polar surface area (TPSA) is 65.9 Å². The van der Waals surface area contributed by atoms with Crippen LogP contribution in [0, 0.1) is 0 Å². The fourth-order valence-electron chi connectivity index (χ4n) is 2.26. The lowest BCUT2D eigenvalue weighted by Gasteiger charge is -2.28. The quantitative estimate of drug-likeness (QED) is 0.766. The number of aromatic nitrogens is 1. The van der Waals surface area contributed by atoms with Gasteiger partial charge in [-0.2, -0.15) is 0 Å². The molecule has 0 spiro atoms. The van der Waals surface area contributed by atoms with Gasteiger partial charge < -0.3 is 19.6 Å². The first-order chi connectivity index (χ1) is 10.2. The third-order valence-electron chi connectivity index (χ3n) is 3.38. The molecule has 0 bridgehead atoms. The number of rotatable bonds is 7. The molecule has 1 fully saturated rings. The van der Waals surface area contributed by atoms with Gasteiger partial charge in [-0.3, -0.25) is 4.79 Å². The first kappa shape index (κ1) is 15.3. The number of pyridine rings is 1. The second kappa shape index (κ2) is 7.64. The lowest BCUT2D eigenvalue weighted by molar-refractivity contribution is -0.136. The highest BCUT2D eigenvalue weighted by molar-refractivity contribution is 5.67. The molecule has 1 aliphatic heterocycles. The molecule has 6 heteroatoms. The zero-order chi connectivity index (χ0) is 15.1. The summed E-state index contributed by atoms with van der Waals surface area (Å²) in [6, 6.07) is 3.95. The average molecular weight is 291 g/mol. The summed E-state index contributed by atoms with van der Waals surface area (Å²) >= 11 is 0. The normalized spacial score (nSPS) is 14.8. The Morgan fingerprint density at radius 2 is 2.24 bits per heavy atom. The number of morpholine rings is 1. The third-order valence-corrected chi connectivity index (χ3v) is 3.38. The van der Waals surface area contributed by atoms with Gasteiger partial charge in [-0.15, -0.1) is 6.58 Å². The number of aliphatic carboxylic acids is 1. The van der Waals surface area contributed by atoms with E-state index >= 15 is 0 Å². The van der Waals surface area contributed by atoms with Crippen molar-refractivity contribution < 1.29 is 14.6 Å². The van der Waals surface area contributed by atoms with Gasteiger partial charge in [-0.1, -0.05) is 6.08 Å². The Morgan fingerprint density at radius 3 is 2.81 bits per heavy atom. The van der Waals surface area contributed by atoms with Gasteiger partial charge in [0.15, 0.2) is 0 Å². The van der Waals surface area contributed by atoms with E-state index in [1.54, 1.807) is 12.3 Å². The zero-order valence-corrected chi connectivity index (χ0v) is 12.1. The summed E-state index contributed by atoms with van der Waals surface area (Å²) in [6.45, 7) is 7.91. The van der Waals surface area contributed by atoms with Crippen molar-refractivity contribution in [3.63, 3.8) is 0 Å². The molecule has 0 atom stereocenters. The largest absolute Gasteiger partial charge is 0.481 e. The molecule has 1 saturated heterocycles. The van der Waals surface area contributed by atoms with Crippen LogP contribution in [0.15, 0.2) is 31.0 Å². The number of anilines is 2. The molecule has 0 unspecified atom stereocenters. The van der Waals surface area contributed by atoms with Crippen LogP contribution in [-0.2, 0) is 9.53 Å². The second-order valence-electron chi connectivity index (χ2n) is 4.85. The molecule has 0 amide bonds. The molecule has 0 aromatic carbocycles. The molecule has 114 valence electrons. The molecule has 6 nitrogen and oxygen atoms in total. The second-order valence-corrected chi connectivity index (χ2v) is 4.85. The molecule has 1 aromatic rings. The number of ether oxygens (including phenoxy) is 1. The van der Waals surface area contributed by atoms with Crippen molar-refractivity contribution in [1.29, 1.82) is 0 Å². The van der Waals surface area contributed by atoms with Crippen LogP contribution < -0.4 is 9.80 Å². The van der Waals surface area contributed by atoms with Gasteiger partial charge in [0.05, 0.1) is 31.5 Å². The predicted octanol–water partition coefficient (Wildman–Crippen LogP) is 1.39. The van der Waals surface area contributed by atoms with Crippen LogP contribution in [0.25, 0.3) is 0 Å². The maximum absolute atomic E-state index is 10.7. The molecule has 1 aliphatic rings. The number of nitrogens with zero attached hydrogens (tertiary/aromatic N) is 3. The molecular formula is C15H21N3O3. The number of carboxylic acid groups (broad SMARTS) is 1. The van der Waals surface area contributed by atoms with E-state index in [0.717, 1.165) is 37.8 Å². The van der Waals surface area contributed by atoms with E-state index in [-0.39, 0.29) is 6.42 Å². The van der Waals surface area contributed by atoms with Crippen molar-refractivity contribution in [3.8, 4) is 0 Å². The maximum Gasteiger partial charge on any atom is 0.305 e. The highest BCUT2D eigenvalue weighted by atomic mass is 16.5. The van der Waals surface area contributed by atoms with Gasteiger partial charge in [-0.25, -0.2) is 4.98 Å². The molecule has 0 radical (unpaired) electrons. The molecule has 1 N–H and O–H groups in total. The lowest BCUT2D eigenvalue weighted by Crippen LogP contribution is -2.36. The van der Waals surface area contributed by atoms with Gasteiger partial charge in [0.2, 0.25) is 0 Å². The maximum atomic E-state index is 10.7. The fraction of sp³-hybridized carbons (Fsp3) is 0.467. The van der Waals surface area contributed by atoms with Crippen molar-refractivity contribution in [2.45, 2.75) is 6.42 Å². The number of hydrogen-bond donors (Lipinski definition) is 1. The SMILES string of the molecule is C=CCN(CCC(=O)O)c1ccc(N2CCOCC2)nc1. The molecule has 21 heavy (non-hydrogen) atoms. The summed E-state index contributed by atoms with van der Waals surface area (Å²) in [5.74, 6) is 0.126. The number of carbonyl (C=O) groups is 1. The van der Waals surface area contributed by atoms with Crippen molar-refractivity contribution in [2.75, 3.05) is 49.2 Å². The summed E-state index contributed by atoms with van der Waals surface area (Å²) in [4.78, 5) is 19.3. The summed E-state index contributed by atoms with van der Waals surface area (Å²) < 4.78 is 5.33. The van der Waals surface area contributed by atoms with Crippen LogP contribution in [0.3, 0.4) is 0 Å². The minimum Gasteiger partial charge on any atom is -0.481 e. The van der Waals surface area contributed by atoms with Gasteiger partial charge in [0.25, 0.3) is 0 Å². The molecule has 0 saturated carbocycles. The summed E-state index contributed by atoms with van der Waals surface area (Å²) in [6.07, 6.45) is 3.65. The Bertz CT molecular complexity index is 470. The van der Waals surface area contributed by atoms with Crippen molar-refractivity contribution in [3.05, 3.63) is 31.0 Å². The van der Waals surface area contributed by atoms with E-state index in [2.05, 4.69) is 16.5 Å². The smallest absolute Gasteiger partial charge is 0.305 e. The Morgan fingerprint density at radius 1 is 1.48 bits per heavy atom. The van der Waals surface area contributed by atoms with Crippen molar-refractivity contribution >= 4 is 17.5 Å².